The van der Waals surface area contributed by atoms with Gasteiger partial charge in [-0.2, -0.15) is 0 Å². The second kappa shape index (κ2) is 12.8. The highest BCUT2D eigenvalue weighted by atomic mass is 35.5. The van der Waals surface area contributed by atoms with Crippen molar-refractivity contribution in [1.29, 1.82) is 0 Å². The molecule has 1 heterocycles. The lowest BCUT2D eigenvalue weighted by molar-refractivity contribution is -0.120. The Hall–Kier alpha value is -1.48. The number of benzene rings is 1. The molecule has 4 heteroatoms. The summed E-state index contributed by atoms with van der Waals surface area (Å²) in [7, 11) is 0. The highest BCUT2D eigenvalue weighted by Gasteiger charge is 2.27. The normalized spacial score (nSPS) is 22.1. The highest BCUT2D eigenvalue weighted by molar-refractivity contribution is 6.30. The lowest BCUT2D eigenvalue weighted by atomic mass is 9.89. The maximum Gasteiger partial charge on any atom is 0.198 e. The summed E-state index contributed by atoms with van der Waals surface area (Å²) in [6.45, 7) is 11.3. The third kappa shape index (κ3) is 9.86. The zero-order valence-electron chi connectivity index (χ0n) is 17.6. The number of carbonyl (C=O) groups excluding carboxylic acids is 1. The smallest absolute Gasteiger partial charge is 0.198 e. The van der Waals surface area contributed by atoms with Crippen LogP contribution in [-0.4, -0.2) is 18.4 Å². The van der Waals surface area contributed by atoms with Crippen molar-refractivity contribution in [2.45, 2.75) is 79.2 Å². The van der Waals surface area contributed by atoms with Crippen LogP contribution in [0.3, 0.4) is 0 Å². The molecular formula is C23H36ClNO2. The van der Waals surface area contributed by atoms with Gasteiger partial charge in [-0.25, -0.2) is 0 Å². The van der Waals surface area contributed by atoms with Crippen molar-refractivity contribution < 1.29 is 9.53 Å². The van der Waals surface area contributed by atoms with Gasteiger partial charge < -0.3 is 10.1 Å². The Bertz CT molecular complexity index is 581. The second-order valence-electron chi connectivity index (χ2n) is 7.44. The van der Waals surface area contributed by atoms with Crippen LogP contribution in [0, 0.1) is 12.8 Å². The van der Waals surface area contributed by atoms with Gasteiger partial charge in [0, 0.05) is 11.4 Å². The number of Topliss-reactive ketones (excluding diaryl/α,β-unsaturated/α-hetero) is 1. The maximum atomic E-state index is 11.7. The summed E-state index contributed by atoms with van der Waals surface area (Å²) in [5.41, 5.74) is 2.21. The van der Waals surface area contributed by atoms with Gasteiger partial charge in [0.05, 0.1) is 18.3 Å². The van der Waals surface area contributed by atoms with Crippen molar-refractivity contribution in [3.8, 4) is 0 Å². The van der Waals surface area contributed by atoms with Crippen molar-refractivity contribution in [2.24, 2.45) is 5.92 Å². The van der Waals surface area contributed by atoms with Gasteiger partial charge in [0.1, 0.15) is 0 Å². The van der Waals surface area contributed by atoms with Crippen molar-refractivity contribution in [3.63, 3.8) is 0 Å². The van der Waals surface area contributed by atoms with Crippen molar-refractivity contribution >= 4 is 17.4 Å². The third-order valence-electron chi connectivity index (χ3n) is 4.43. The Morgan fingerprint density at radius 1 is 1.19 bits per heavy atom. The summed E-state index contributed by atoms with van der Waals surface area (Å²) in [6.07, 6.45) is 6.67. The summed E-state index contributed by atoms with van der Waals surface area (Å²) in [6, 6.07) is 7.76. The summed E-state index contributed by atoms with van der Waals surface area (Å²) in [5.74, 6) is 1.57. The van der Waals surface area contributed by atoms with Crippen molar-refractivity contribution in [1.82, 2.24) is 5.32 Å². The maximum absolute atomic E-state index is 11.7. The van der Waals surface area contributed by atoms with Crippen LogP contribution < -0.4 is 5.32 Å². The minimum absolute atomic E-state index is 0.138. The molecule has 0 bridgehead atoms. The van der Waals surface area contributed by atoms with Gasteiger partial charge in [-0.05, 0) is 56.2 Å². The first-order chi connectivity index (χ1) is 12.9. The third-order valence-corrected chi connectivity index (χ3v) is 4.66. The summed E-state index contributed by atoms with van der Waals surface area (Å²) >= 11 is 5.64. The zero-order valence-corrected chi connectivity index (χ0v) is 18.4. The number of nitrogens with one attached hydrogen (secondary N) is 1. The van der Waals surface area contributed by atoms with Crippen molar-refractivity contribution in [3.05, 3.63) is 46.3 Å². The molecule has 0 unspecified atom stereocenters. The Kier molecular flexibility index (Phi) is 11.2. The molecule has 1 saturated heterocycles. The molecule has 1 aromatic carbocycles. The average Bonchev–Trinajstić information content (AvgIpc) is 3.46. The molecule has 0 amide bonds. The Morgan fingerprint density at radius 3 is 2.19 bits per heavy atom. The number of allylic oxidation sites excluding steroid dienone is 1. The number of ketones is 1. The molecule has 1 saturated carbocycles. The predicted molar refractivity (Wildman–Crippen MR) is 115 cm³/mol. The van der Waals surface area contributed by atoms with Crippen molar-refractivity contribution in [2.75, 3.05) is 6.54 Å². The van der Waals surface area contributed by atoms with E-state index in [2.05, 4.69) is 26.1 Å². The van der Waals surface area contributed by atoms with Crippen LogP contribution in [0.1, 0.15) is 71.8 Å². The summed E-state index contributed by atoms with van der Waals surface area (Å²) < 4.78 is 5.88. The Balaban J connectivity index is 0.000000277. The number of carbonyl (C=O) groups is 1. The SMILES string of the molecule is CCC.CCC(=O)/C(OC1CCC(C)CC1)=C1\CN1.Cc1cccc(Cl)c1. The number of rotatable bonds is 4. The van der Waals surface area contributed by atoms with Crippen LogP contribution in [0.15, 0.2) is 35.7 Å². The van der Waals surface area contributed by atoms with Crippen LogP contribution in [0.2, 0.25) is 5.02 Å². The zero-order chi connectivity index (χ0) is 20.2. The second-order valence-corrected chi connectivity index (χ2v) is 7.88. The van der Waals surface area contributed by atoms with Crippen LogP contribution in [-0.2, 0) is 9.53 Å². The van der Waals surface area contributed by atoms with E-state index < -0.39 is 0 Å². The number of ether oxygens (including phenoxy) is 1. The minimum Gasteiger partial charge on any atom is -0.485 e. The molecule has 3 nitrogen and oxygen atoms in total. The largest absolute Gasteiger partial charge is 0.485 e. The van der Waals surface area contributed by atoms with Gasteiger partial charge in [0.25, 0.3) is 0 Å². The van der Waals surface area contributed by atoms with E-state index in [1.165, 1.54) is 24.8 Å². The fourth-order valence-electron chi connectivity index (χ4n) is 2.79. The molecule has 0 spiro atoms. The molecule has 0 aromatic heterocycles. The van der Waals surface area contributed by atoms with E-state index in [-0.39, 0.29) is 11.9 Å². The molecule has 27 heavy (non-hydrogen) atoms. The number of hydrogen-bond acceptors (Lipinski definition) is 3. The molecule has 1 aromatic rings. The fraction of sp³-hybridized carbons (Fsp3) is 0.609. The van der Waals surface area contributed by atoms with Gasteiger partial charge in [-0.1, -0.05) is 57.8 Å². The van der Waals surface area contributed by atoms with Gasteiger partial charge in [-0.3, -0.25) is 4.79 Å². The predicted octanol–water partition coefficient (Wildman–Crippen LogP) is 6.44. The standard InChI is InChI=1S/C13H21NO2.C7H7Cl.C3H8/c1-3-12(15)13(11-8-14-11)16-10-6-4-9(2)5-7-10;1-6-3-2-4-7(8)5-6;1-3-2/h9-10,14H,3-8H2,1-2H3;2-5H,1H3;3H2,1-2H3/b13-11-;;. The first kappa shape index (κ1) is 23.6. The van der Waals surface area contributed by atoms with E-state index >= 15 is 0 Å². The fourth-order valence-corrected chi connectivity index (χ4v) is 3.03. The monoisotopic (exact) mass is 393 g/mol. The first-order valence-electron chi connectivity index (χ1n) is 10.3. The number of halogens is 1. The quantitative estimate of drug-likeness (QED) is 0.363. The van der Waals surface area contributed by atoms with Crippen LogP contribution in [0.25, 0.3) is 0 Å². The van der Waals surface area contributed by atoms with Crippen LogP contribution >= 0.6 is 11.6 Å². The molecule has 1 aliphatic heterocycles. The number of hydrogen-bond donors (Lipinski definition) is 1. The molecule has 152 valence electrons. The van der Waals surface area contributed by atoms with E-state index in [0.717, 1.165) is 36.0 Å². The Labute approximate surface area is 170 Å². The molecule has 2 aliphatic rings. The lowest BCUT2D eigenvalue weighted by Gasteiger charge is -2.27. The molecule has 2 fully saturated rings. The molecule has 0 atom stereocenters. The molecule has 1 N–H and O–H groups in total. The molecular weight excluding hydrogens is 358 g/mol. The average molecular weight is 394 g/mol. The summed E-state index contributed by atoms with van der Waals surface area (Å²) in [5, 5.41) is 3.89. The number of aryl methyl sites for hydroxylation is 1. The molecule has 1 aliphatic carbocycles. The lowest BCUT2D eigenvalue weighted by Crippen LogP contribution is -2.22. The highest BCUT2D eigenvalue weighted by Crippen LogP contribution is 2.28. The van der Waals surface area contributed by atoms with E-state index in [1.807, 2.05) is 38.1 Å². The van der Waals surface area contributed by atoms with Gasteiger partial charge in [0.2, 0.25) is 0 Å². The van der Waals surface area contributed by atoms with E-state index in [9.17, 15) is 4.79 Å². The van der Waals surface area contributed by atoms with E-state index in [4.69, 9.17) is 16.3 Å². The molecule has 3 rings (SSSR count). The van der Waals surface area contributed by atoms with Gasteiger partial charge >= 0.3 is 0 Å². The van der Waals surface area contributed by atoms with Gasteiger partial charge in [0.15, 0.2) is 11.5 Å². The van der Waals surface area contributed by atoms with Gasteiger partial charge in [-0.15, -0.1) is 0 Å². The van der Waals surface area contributed by atoms with Crippen LogP contribution in [0.4, 0.5) is 0 Å². The first-order valence-corrected chi connectivity index (χ1v) is 10.7. The van der Waals surface area contributed by atoms with Crippen LogP contribution in [0.5, 0.6) is 0 Å². The summed E-state index contributed by atoms with van der Waals surface area (Å²) in [4.78, 5) is 11.7. The molecule has 0 radical (unpaired) electrons. The Morgan fingerprint density at radius 2 is 1.78 bits per heavy atom. The van der Waals surface area contributed by atoms with E-state index in [0.29, 0.717) is 12.2 Å². The van der Waals surface area contributed by atoms with E-state index in [1.54, 1.807) is 0 Å². The minimum atomic E-state index is 0.138. The topological polar surface area (TPSA) is 48.2 Å².